The zero-order valence-corrected chi connectivity index (χ0v) is 23.5. The van der Waals surface area contributed by atoms with Gasteiger partial charge in [-0.25, -0.2) is 0 Å². The van der Waals surface area contributed by atoms with Gasteiger partial charge in [-0.1, -0.05) is 48.5 Å². The highest BCUT2D eigenvalue weighted by Crippen LogP contribution is 2.38. The summed E-state index contributed by atoms with van der Waals surface area (Å²) >= 11 is 13.2. The number of carbonyl (C=O) groups excluding carboxylic acids is 3. The van der Waals surface area contributed by atoms with E-state index in [0.717, 1.165) is 62.5 Å². The van der Waals surface area contributed by atoms with Gasteiger partial charge in [-0.3, -0.25) is 14.4 Å². The fourth-order valence-corrected chi connectivity index (χ4v) is 6.44. The molecule has 0 heterocycles. The number of hydrogen-bond acceptors (Lipinski definition) is 5. The van der Waals surface area contributed by atoms with Crippen LogP contribution in [-0.4, -0.2) is 29.9 Å². The Balaban J connectivity index is 1.31. The molecule has 0 N–H and O–H groups in total. The smallest absolute Gasteiger partial charge is 0.302 e. The fraction of sp³-hybridized carbons (Fsp3) is 0.516. The van der Waals surface area contributed by atoms with E-state index in [9.17, 15) is 14.4 Å². The number of ketones is 1. The number of benzene rings is 2. The van der Waals surface area contributed by atoms with E-state index in [1.54, 1.807) is 0 Å². The van der Waals surface area contributed by atoms with Gasteiger partial charge in [0.1, 0.15) is 23.0 Å². The molecule has 2 atom stereocenters. The summed E-state index contributed by atoms with van der Waals surface area (Å²) in [6, 6.07) is 15.9. The first kappa shape index (κ1) is 28.6. The maximum atomic E-state index is 13.1. The minimum Gasteiger partial charge on any atom is -0.463 e. The van der Waals surface area contributed by atoms with Crippen LogP contribution in [0.1, 0.15) is 110 Å². The molecule has 2 saturated carbocycles. The molecule has 0 saturated heterocycles. The lowest BCUT2D eigenvalue weighted by Gasteiger charge is -2.28. The van der Waals surface area contributed by atoms with Crippen molar-refractivity contribution < 1.29 is 23.9 Å². The van der Waals surface area contributed by atoms with Crippen molar-refractivity contribution in [3.63, 3.8) is 0 Å². The molecular weight excluding hydrogens is 523 g/mol. The van der Waals surface area contributed by atoms with Gasteiger partial charge in [0.2, 0.25) is 0 Å². The van der Waals surface area contributed by atoms with Crippen LogP contribution in [0.15, 0.2) is 48.5 Å². The Kier molecular flexibility index (Phi) is 9.89. The molecule has 0 radical (unpaired) electrons. The van der Waals surface area contributed by atoms with E-state index in [1.165, 1.54) is 25.0 Å². The van der Waals surface area contributed by atoms with Gasteiger partial charge in [0.05, 0.1) is 0 Å². The zero-order valence-electron chi connectivity index (χ0n) is 22.0. The van der Waals surface area contributed by atoms with Gasteiger partial charge in [-0.05, 0) is 85.5 Å². The number of rotatable bonds is 8. The van der Waals surface area contributed by atoms with Crippen LogP contribution >= 0.6 is 23.2 Å². The number of hydrogen-bond donors (Lipinski definition) is 0. The van der Waals surface area contributed by atoms with Crippen molar-refractivity contribution in [1.82, 2.24) is 0 Å². The summed E-state index contributed by atoms with van der Waals surface area (Å²) in [5.74, 6) is 0.151. The van der Waals surface area contributed by atoms with Gasteiger partial charge in [-0.15, -0.1) is 23.2 Å². The van der Waals surface area contributed by atoms with Crippen molar-refractivity contribution in [2.75, 3.05) is 0 Å². The monoisotopic (exact) mass is 558 g/mol. The molecule has 204 valence electrons. The number of alkyl halides is 2. The maximum absolute atomic E-state index is 13.1. The Labute approximate surface area is 235 Å². The van der Waals surface area contributed by atoms with Crippen molar-refractivity contribution in [3.05, 3.63) is 70.8 Å². The van der Waals surface area contributed by atoms with Crippen LogP contribution in [0.3, 0.4) is 0 Å². The van der Waals surface area contributed by atoms with Crippen LogP contribution in [0.2, 0.25) is 0 Å². The molecule has 2 aliphatic rings. The molecule has 4 rings (SSSR count). The van der Waals surface area contributed by atoms with Crippen LogP contribution in [0, 0.1) is 0 Å². The average molecular weight is 560 g/mol. The minimum atomic E-state index is -0.831. The van der Waals surface area contributed by atoms with Crippen molar-refractivity contribution in [2.45, 2.75) is 100 Å². The van der Waals surface area contributed by atoms with E-state index in [1.807, 2.05) is 48.5 Å². The Hall–Kier alpha value is -2.37. The lowest BCUT2D eigenvalue weighted by atomic mass is 9.82. The van der Waals surface area contributed by atoms with Crippen LogP contribution in [0.25, 0.3) is 0 Å². The summed E-state index contributed by atoms with van der Waals surface area (Å²) in [7, 11) is 0. The van der Waals surface area contributed by atoms with Crippen molar-refractivity contribution >= 4 is 40.9 Å². The van der Waals surface area contributed by atoms with Gasteiger partial charge >= 0.3 is 11.9 Å². The van der Waals surface area contributed by atoms with E-state index in [2.05, 4.69) is 0 Å². The van der Waals surface area contributed by atoms with Crippen LogP contribution in [0.5, 0.6) is 0 Å². The molecule has 0 aromatic heterocycles. The normalized spacial score (nSPS) is 25.2. The molecule has 5 nitrogen and oxygen atoms in total. The second-order valence-electron chi connectivity index (χ2n) is 10.6. The molecular formula is C31H36Cl2O5. The highest BCUT2D eigenvalue weighted by atomic mass is 35.5. The quantitative estimate of drug-likeness (QED) is 0.245. The molecule has 2 aliphatic carbocycles. The van der Waals surface area contributed by atoms with Gasteiger partial charge in [0, 0.05) is 13.8 Å². The Bertz CT molecular complexity index is 1010. The predicted molar refractivity (Wildman–Crippen MR) is 149 cm³/mol. The van der Waals surface area contributed by atoms with Crippen LogP contribution in [-0.2, 0) is 23.9 Å². The molecule has 0 spiro atoms. The van der Waals surface area contributed by atoms with Crippen molar-refractivity contribution in [1.29, 1.82) is 0 Å². The second-order valence-corrected chi connectivity index (χ2v) is 11.5. The lowest BCUT2D eigenvalue weighted by Crippen LogP contribution is -2.22. The predicted octanol–water partition coefficient (Wildman–Crippen LogP) is 7.69. The summed E-state index contributed by atoms with van der Waals surface area (Å²) in [6.45, 7) is 2.91. The van der Waals surface area contributed by atoms with E-state index >= 15 is 0 Å². The first-order valence-electron chi connectivity index (χ1n) is 13.6. The number of carbonyl (C=O) groups is 3. The van der Waals surface area contributed by atoms with Crippen LogP contribution in [0.4, 0.5) is 0 Å². The minimum absolute atomic E-state index is 0.0185. The molecule has 2 aromatic rings. The summed E-state index contributed by atoms with van der Waals surface area (Å²) in [6.07, 6.45) is 7.37. The molecule has 0 aliphatic heterocycles. The van der Waals surface area contributed by atoms with Gasteiger partial charge in [-0.2, -0.15) is 0 Å². The summed E-state index contributed by atoms with van der Waals surface area (Å²) in [5, 5.41) is -1.66. The number of esters is 2. The SMILES string of the molecule is CC(=O)OC1CCC(c2ccc(C(Cl)C(=O)C(Cl)c3ccc(C4CCC(OC(C)=O)CC4)cc3)cc2)CC1. The van der Waals surface area contributed by atoms with E-state index in [-0.39, 0.29) is 29.9 Å². The van der Waals surface area contributed by atoms with Gasteiger partial charge in [0.15, 0.2) is 5.78 Å². The van der Waals surface area contributed by atoms with E-state index < -0.39 is 10.8 Å². The molecule has 2 unspecified atom stereocenters. The standard InChI is InChI=1S/C31H36Cl2O5/c1-19(34)37-27-15-11-23(12-16-27)21-3-7-25(8-4-21)29(32)31(36)30(33)26-9-5-22(6-10-26)24-13-17-28(18-14-24)38-20(2)35/h3-10,23-24,27-30H,11-18H2,1-2H3. The Morgan fingerprint density at radius 3 is 1.21 bits per heavy atom. The summed E-state index contributed by atoms with van der Waals surface area (Å²) < 4.78 is 10.7. The third-order valence-electron chi connectivity index (χ3n) is 7.91. The molecule has 38 heavy (non-hydrogen) atoms. The third-order valence-corrected chi connectivity index (χ3v) is 8.85. The second kappa shape index (κ2) is 13.1. The summed E-state index contributed by atoms with van der Waals surface area (Å²) in [5.41, 5.74) is 3.90. The highest BCUT2D eigenvalue weighted by Gasteiger charge is 2.29. The van der Waals surface area contributed by atoms with Crippen molar-refractivity contribution in [3.8, 4) is 0 Å². The number of Topliss-reactive ketones (excluding diaryl/α,β-unsaturated/α-hetero) is 1. The molecule has 2 aromatic carbocycles. The average Bonchev–Trinajstić information content (AvgIpc) is 2.92. The number of halogens is 2. The van der Waals surface area contributed by atoms with Crippen molar-refractivity contribution in [2.24, 2.45) is 0 Å². The molecule has 0 amide bonds. The topological polar surface area (TPSA) is 69.7 Å². The summed E-state index contributed by atoms with van der Waals surface area (Å²) in [4.78, 5) is 35.5. The van der Waals surface area contributed by atoms with Gasteiger partial charge < -0.3 is 9.47 Å². The number of ether oxygens (including phenoxy) is 2. The van der Waals surface area contributed by atoms with Crippen LogP contribution < -0.4 is 0 Å². The van der Waals surface area contributed by atoms with E-state index in [4.69, 9.17) is 32.7 Å². The Morgan fingerprint density at radius 1 is 0.605 bits per heavy atom. The largest absolute Gasteiger partial charge is 0.463 e. The Morgan fingerprint density at radius 2 is 0.921 bits per heavy atom. The fourth-order valence-electron chi connectivity index (χ4n) is 5.83. The zero-order chi connectivity index (χ0) is 27.2. The third kappa shape index (κ3) is 7.39. The first-order chi connectivity index (χ1) is 18.2. The highest BCUT2D eigenvalue weighted by molar-refractivity contribution is 6.40. The maximum Gasteiger partial charge on any atom is 0.302 e. The lowest BCUT2D eigenvalue weighted by molar-refractivity contribution is -0.148. The van der Waals surface area contributed by atoms with Gasteiger partial charge in [0.25, 0.3) is 0 Å². The molecule has 0 bridgehead atoms. The molecule has 2 fully saturated rings. The first-order valence-corrected chi connectivity index (χ1v) is 14.4. The molecule has 7 heteroatoms. The van der Waals surface area contributed by atoms with E-state index in [0.29, 0.717) is 11.8 Å².